The summed E-state index contributed by atoms with van der Waals surface area (Å²) in [4.78, 5) is 8.50. The van der Waals surface area contributed by atoms with Gasteiger partial charge in [0.15, 0.2) is 0 Å². The molecule has 1 N–H and O–H groups in total. The minimum atomic E-state index is 0.0392. The van der Waals surface area contributed by atoms with E-state index in [1.165, 1.54) is 0 Å². The van der Waals surface area contributed by atoms with Gasteiger partial charge in [0.05, 0.1) is 17.9 Å². The monoisotopic (exact) mass is 261 g/mol. The Bertz CT molecular complexity index is 487. The summed E-state index contributed by atoms with van der Waals surface area (Å²) in [6, 6.07) is 7.88. The zero-order chi connectivity index (χ0) is 12.8. The number of nitrogens with one attached hydrogen (secondary N) is 1. The lowest BCUT2D eigenvalue weighted by atomic mass is 10.0. The molecule has 1 aromatic carbocycles. The van der Waals surface area contributed by atoms with Crippen LogP contribution < -0.4 is 5.32 Å². The normalized spacial score (nSPS) is 12.3. The number of benzene rings is 1. The number of hydrogen-bond donors (Lipinski definition) is 1. The molecule has 94 valence electrons. The van der Waals surface area contributed by atoms with E-state index in [9.17, 15) is 0 Å². The predicted octanol–water partition coefficient (Wildman–Crippen LogP) is 3.22. The minimum absolute atomic E-state index is 0.0392. The third-order valence-electron chi connectivity index (χ3n) is 2.66. The molecule has 0 fully saturated rings. The lowest BCUT2D eigenvalue weighted by molar-refractivity contribution is 0.584. The van der Waals surface area contributed by atoms with Crippen LogP contribution in [0.15, 0.2) is 42.9 Å². The second-order valence-electron chi connectivity index (χ2n) is 4.07. The van der Waals surface area contributed by atoms with Crippen LogP contribution in [-0.4, -0.2) is 16.5 Å². The standard InChI is InChI=1S/C14H16ClN3/c1-2-6-18-14(13-10-16-7-8-17-13)11-4-3-5-12(15)9-11/h3-5,7-10,14,18H,2,6H2,1H3. The molecule has 0 bridgehead atoms. The third kappa shape index (κ3) is 3.28. The number of nitrogens with zero attached hydrogens (tertiary/aromatic N) is 2. The van der Waals surface area contributed by atoms with Gasteiger partial charge in [0.2, 0.25) is 0 Å². The summed E-state index contributed by atoms with van der Waals surface area (Å²) in [6.07, 6.45) is 6.24. The van der Waals surface area contributed by atoms with E-state index in [0.29, 0.717) is 0 Å². The highest BCUT2D eigenvalue weighted by molar-refractivity contribution is 6.30. The summed E-state index contributed by atoms with van der Waals surface area (Å²) in [5.74, 6) is 0. The molecule has 2 aromatic rings. The van der Waals surface area contributed by atoms with Crippen LogP contribution in [0.4, 0.5) is 0 Å². The topological polar surface area (TPSA) is 37.8 Å². The molecular formula is C14H16ClN3. The van der Waals surface area contributed by atoms with Crippen molar-refractivity contribution < 1.29 is 0 Å². The van der Waals surface area contributed by atoms with Crippen molar-refractivity contribution in [3.05, 3.63) is 59.1 Å². The maximum absolute atomic E-state index is 6.05. The lowest BCUT2D eigenvalue weighted by Crippen LogP contribution is -2.24. The molecule has 0 amide bonds. The van der Waals surface area contributed by atoms with Gasteiger partial charge >= 0.3 is 0 Å². The molecule has 4 heteroatoms. The van der Waals surface area contributed by atoms with Gasteiger partial charge in [-0.15, -0.1) is 0 Å². The molecule has 1 atom stereocenters. The summed E-state index contributed by atoms with van der Waals surface area (Å²) in [5, 5.41) is 4.20. The van der Waals surface area contributed by atoms with Gasteiger partial charge in [-0.1, -0.05) is 30.7 Å². The summed E-state index contributed by atoms with van der Waals surface area (Å²) in [5.41, 5.74) is 2.02. The van der Waals surface area contributed by atoms with Crippen molar-refractivity contribution in [1.29, 1.82) is 0 Å². The Balaban J connectivity index is 2.31. The predicted molar refractivity (Wildman–Crippen MR) is 73.6 cm³/mol. The van der Waals surface area contributed by atoms with Crippen LogP contribution in [0.3, 0.4) is 0 Å². The van der Waals surface area contributed by atoms with Gasteiger partial charge in [0.1, 0.15) is 0 Å². The molecule has 0 aliphatic carbocycles. The summed E-state index contributed by atoms with van der Waals surface area (Å²) in [7, 11) is 0. The number of aromatic nitrogens is 2. The summed E-state index contributed by atoms with van der Waals surface area (Å²) >= 11 is 6.05. The molecule has 0 aliphatic heterocycles. The van der Waals surface area contributed by atoms with Gasteiger partial charge in [0, 0.05) is 17.4 Å². The van der Waals surface area contributed by atoms with Gasteiger partial charge in [-0.2, -0.15) is 0 Å². The van der Waals surface area contributed by atoms with Crippen LogP contribution in [-0.2, 0) is 0 Å². The van der Waals surface area contributed by atoms with Crippen molar-refractivity contribution in [2.24, 2.45) is 0 Å². The Kier molecular flexibility index (Phi) is 4.67. The highest BCUT2D eigenvalue weighted by Crippen LogP contribution is 2.22. The SMILES string of the molecule is CCCNC(c1cccc(Cl)c1)c1cnccn1. The van der Waals surface area contributed by atoms with Crippen LogP contribution >= 0.6 is 11.6 Å². The Morgan fingerprint density at radius 2 is 2.22 bits per heavy atom. The molecule has 1 aromatic heterocycles. The fourth-order valence-corrected chi connectivity index (χ4v) is 2.03. The quantitative estimate of drug-likeness (QED) is 0.898. The van der Waals surface area contributed by atoms with Crippen molar-refractivity contribution in [1.82, 2.24) is 15.3 Å². The fourth-order valence-electron chi connectivity index (χ4n) is 1.83. The zero-order valence-electron chi connectivity index (χ0n) is 10.3. The van der Waals surface area contributed by atoms with Gasteiger partial charge < -0.3 is 5.32 Å². The average molecular weight is 262 g/mol. The van der Waals surface area contributed by atoms with E-state index in [1.807, 2.05) is 24.3 Å². The Hall–Kier alpha value is -1.45. The largest absolute Gasteiger partial charge is 0.305 e. The van der Waals surface area contributed by atoms with E-state index in [4.69, 9.17) is 11.6 Å². The number of halogens is 1. The lowest BCUT2D eigenvalue weighted by Gasteiger charge is -2.18. The van der Waals surface area contributed by atoms with E-state index in [2.05, 4.69) is 22.2 Å². The molecule has 1 unspecified atom stereocenters. The van der Waals surface area contributed by atoms with E-state index in [-0.39, 0.29) is 6.04 Å². The van der Waals surface area contributed by atoms with E-state index in [1.54, 1.807) is 18.6 Å². The average Bonchev–Trinajstić information content (AvgIpc) is 2.40. The Labute approximate surface area is 112 Å². The molecule has 0 aliphatic rings. The fraction of sp³-hybridized carbons (Fsp3) is 0.286. The molecule has 0 spiro atoms. The van der Waals surface area contributed by atoms with Gasteiger partial charge in [-0.25, -0.2) is 0 Å². The Morgan fingerprint density at radius 1 is 1.33 bits per heavy atom. The first-order valence-electron chi connectivity index (χ1n) is 6.06. The first-order valence-corrected chi connectivity index (χ1v) is 6.44. The maximum Gasteiger partial charge on any atom is 0.0801 e. The van der Waals surface area contributed by atoms with Gasteiger partial charge in [-0.05, 0) is 30.7 Å². The summed E-state index contributed by atoms with van der Waals surface area (Å²) < 4.78 is 0. The molecule has 0 saturated carbocycles. The van der Waals surface area contributed by atoms with Crippen LogP contribution in [0.2, 0.25) is 5.02 Å². The minimum Gasteiger partial charge on any atom is -0.305 e. The first kappa shape index (κ1) is 13.0. The Morgan fingerprint density at radius 3 is 2.89 bits per heavy atom. The molecule has 0 saturated heterocycles. The van der Waals surface area contributed by atoms with E-state index in [0.717, 1.165) is 29.2 Å². The van der Waals surface area contributed by atoms with Gasteiger partial charge in [-0.3, -0.25) is 9.97 Å². The third-order valence-corrected chi connectivity index (χ3v) is 2.89. The van der Waals surface area contributed by atoms with Crippen molar-refractivity contribution in [2.75, 3.05) is 6.54 Å². The molecule has 3 nitrogen and oxygen atoms in total. The van der Waals surface area contributed by atoms with Crippen LogP contribution in [0.5, 0.6) is 0 Å². The zero-order valence-corrected chi connectivity index (χ0v) is 11.1. The smallest absolute Gasteiger partial charge is 0.0801 e. The van der Waals surface area contributed by atoms with Crippen molar-refractivity contribution in [2.45, 2.75) is 19.4 Å². The van der Waals surface area contributed by atoms with Crippen molar-refractivity contribution in [3.8, 4) is 0 Å². The summed E-state index contributed by atoms with van der Waals surface area (Å²) in [6.45, 7) is 3.06. The maximum atomic E-state index is 6.05. The van der Waals surface area contributed by atoms with E-state index >= 15 is 0 Å². The second-order valence-corrected chi connectivity index (χ2v) is 4.51. The van der Waals surface area contributed by atoms with E-state index < -0.39 is 0 Å². The first-order chi connectivity index (χ1) is 8.81. The molecular weight excluding hydrogens is 246 g/mol. The van der Waals surface area contributed by atoms with Crippen LogP contribution in [0, 0.1) is 0 Å². The van der Waals surface area contributed by atoms with Gasteiger partial charge in [0.25, 0.3) is 0 Å². The van der Waals surface area contributed by atoms with Crippen LogP contribution in [0.25, 0.3) is 0 Å². The highest BCUT2D eigenvalue weighted by atomic mass is 35.5. The highest BCUT2D eigenvalue weighted by Gasteiger charge is 2.14. The second kappa shape index (κ2) is 6.47. The molecule has 0 radical (unpaired) electrons. The number of rotatable bonds is 5. The molecule has 1 heterocycles. The number of hydrogen-bond acceptors (Lipinski definition) is 3. The van der Waals surface area contributed by atoms with Crippen molar-refractivity contribution in [3.63, 3.8) is 0 Å². The van der Waals surface area contributed by atoms with Crippen molar-refractivity contribution >= 4 is 11.6 Å². The van der Waals surface area contributed by atoms with Crippen LogP contribution in [0.1, 0.15) is 30.6 Å². The molecule has 2 rings (SSSR count). The molecule has 18 heavy (non-hydrogen) atoms.